The van der Waals surface area contributed by atoms with Crippen LogP contribution in [0.3, 0.4) is 0 Å². The van der Waals surface area contributed by atoms with E-state index >= 15 is 0 Å². The van der Waals surface area contributed by atoms with E-state index in [0.29, 0.717) is 22.2 Å². The van der Waals surface area contributed by atoms with Gasteiger partial charge in [0.05, 0.1) is 28.2 Å². The van der Waals surface area contributed by atoms with Crippen molar-refractivity contribution in [2.75, 3.05) is 19.6 Å². The number of benzene rings is 1. The molecule has 0 saturated carbocycles. The molecule has 35 heavy (non-hydrogen) atoms. The number of carbonyl (C=O) groups excluding carboxylic acids is 1. The first-order valence-electron chi connectivity index (χ1n) is 11.7. The van der Waals surface area contributed by atoms with E-state index < -0.39 is 21.6 Å². The number of hydrogen-bond donors (Lipinski definition) is 1. The molecule has 2 heterocycles. The minimum atomic E-state index is -0.922. The second kappa shape index (κ2) is 12.3. The van der Waals surface area contributed by atoms with Crippen LogP contribution >= 0.6 is 23.2 Å². The molecule has 3 atom stereocenters. The summed E-state index contributed by atoms with van der Waals surface area (Å²) >= 11 is 13.1. The summed E-state index contributed by atoms with van der Waals surface area (Å²) in [5, 5.41) is 12.9. The average molecular weight is 521 g/mol. The monoisotopic (exact) mass is 520 g/mol. The van der Waals surface area contributed by atoms with Crippen LogP contribution in [0.1, 0.15) is 66.2 Å². The van der Waals surface area contributed by atoms with E-state index in [4.69, 9.17) is 27.6 Å². The molecular formula is C25H30Cl2N4O4. The van der Waals surface area contributed by atoms with Gasteiger partial charge in [0.1, 0.15) is 16.1 Å². The van der Waals surface area contributed by atoms with Crippen LogP contribution in [0.5, 0.6) is 0 Å². The van der Waals surface area contributed by atoms with Crippen LogP contribution in [0.25, 0.3) is 10.9 Å². The van der Waals surface area contributed by atoms with E-state index in [2.05, 4.69) is 29.0 Å². The Morgan fingerprint density at radius 3 is 2.54 bits per heavy atom. The highest BCUT2D eigenvalue weighted by molar-refractivity contribution is 6.30. The van der Waals surface area contributed by atoms with Gasteiger partial charge in [-0.1, -0.05) is 32.0 Å². The van der Waals surface area contributed by atoms with Gasteiger partial charge in [0, 0.05) is 11.4 Å². The van der Waals surface area contributed by atoms with E-state index in [1.165, 1.54) is 12.1 Å². The fourth-order valence-corrected chi connectivity index (χ4v) is 4.42. The number of rotatable bonds is 12. The lowest BCUT2D eigenvalue weighted by Gasteiger charge is -2.20. The minimum Gasteiger partial charge on any atom is -0.404 e. The van der Waals surface area contributed by atoms with Gasteiger partial charge in [-0.2, -0.15) is 0 Å². The quantitative estimate of drug-likeness (QED) is 0.172. The Morgan fingerprint density at radius 2 is 1.89 bits per heavy atom. The summed E-state index contributed by atoms with van der Waals surface area (Å²) < 4.78 is 5.21. The van der Waals surface area contributed by atoms with Gasteiger partial charge in [0.2, 0.25) is 0 Å². The molecule has 3 aromatic rings. The molecule has 0 spiro atoms. The molecule has 0 saturated heterocycles. The Hall–Kier alpha value is -2.68. The standard InChI is InChI=1S/C25H30Cl2N4O4/c1-4-30(5-2)14-8-9-16(3)28-25(32)18-15-20(29-19-11-7-6-10-17(18)19)23(26)24(27)21-12-13-22(35-21)31(33)34/h6-7,10-13,15-16,23-24H,4-5,8-9,14H2,1-3H3,(H,28,32). The van der Waals surface area contributed by atoms with Crippen molar-refractivity contribution in [2.45, 2.75) is 50.4 Å². The fraction of sp³-hybridized carbons (Fsp3) is 0.440. The first kappa shape index (κ1) is 26.9. The molecule has 10 heteroatoms. The van der Waals surface area contributed by atoms with Crippen molar-refractivity contribution >= 4 is 45.9 Å². The zero-order chi connectivity index (χ0) is 25.5. The summed E-state index contributed by atoms with van der Waals surface area (Å²) in [6.07, 6.45) is 1.84. The van der Waals surface area contributed by atoms with Crippen molar-refractivity contribution in [3.63, 3.8) is 0 Å². The van der Waals surface area contributed by atoms with Crippen molar-refractivity contribution in [3.8, 4) is 0 Å². The Labute approximate surface area is 214 Å². The molecule has 2 aromatic heterocycles. The lowest BCUT2D eigenvalue weighted by Crippen LogP contribution is -2.34. The number of hydrogen-bond acceptors (Lipinski definition) is 6. The highest BCUT2D eigenvalue weighted by Crippen LogP contribution is 2.41. The number of pyridine rings is 1. The normalized spacial score (nSPS) is 14.1. The number of alkyl halides is 2. The van der Waals surface area contributed by atoms with E-state index in [-0.39, 0.29) is 17.7 Å². The van der Waals surface area contributed by atoms with E-state index in [1.54, 1.807) is 12.1 Å². The van der Waals surface area contributed by atoms with Gasteiger partial charge in [-0.25, -0.2) is 0 Å². The number of nitro groups is 1. The zero-order valence-corrected chi connectivity index (χ0v) is 21.6. The largest absolute Gasteiger partial charge is 0.433 e. The predicted molar refractivity (Wildman–Crippen MR) is 138 cm³/mol. The van der Waals surface area contributed by atoms with Gasteiger partial charge < -0.3 is 14.6 Å². The molecule has 1 amide bonds. The van der Waals surface area contributed by atoms with E-state index in [9.17, 15) is 14.9 Å². The molecule has 1 N–H and O–H groups in total. The third kappa shape index (κ3) is 6.72. The van der Waals surface area contributed by atoms with E-state index in [0.717, 1.165) is 32.5 Å². The van der Waals surface area contributed by atoms with Crippen LogP contribution in [0.4, 0.5) is 5.88 Å². The second-order valence-electron chi connectivity index (χ2n) is 8.39. The molecule has 8 nitrogen and oxygen atoms in total. The number of amides is 1. The topological polar surface area (TPSA) is 102 Å². The van der Waals surface area contributed by atoms with Crippen LogP contribution in [-0.4, -0.2) is 46.4 Å². The molecule has 0 aliphatic heterocycles. The number of fused-ring (bicyclic) bond motifs is 1. The lowest BCUT2D eigenvalue weighted by molar-refractivity contribution is -0.402. The third-order valence-electron chi connectivity index (χ3n) is 5.97. The SMILES string of the molecule is CCN(CC)CCCC(C)NC(=O)c1cc(C(Cl)C(Cl)c2ccc([N+](=O)[O-])o2)nc2ccccc12. The number of halogens is 2. The smallest absolute Gasteiger partial charge is 0.404 e. The molecule has 3 unspecified atom stereocenters. The Morgan fingerprint density at radius 1 is 1.17 bits per heavy atom. The maximum Gasteiger partial charge on any atom is 0.433 e. The molecule has 0 bridgehead atoms. The van der Waals surface area contributed by atoms with Crippen molar-refractivity contribution in [1.29, 1.82) is 0 Å². The maximum absolute atomic E-state index is 13.3. The van der Waals surface area contributed by atoms with Crippen LogP contribution in [-0.2, 0) is 0 Å². The minimum absolute atomic E-state index is 0.00955. The number of para-hydroxylation sites is 1. The summed E-state index contributed by atoms with van der Waals surface area (Å²) in [6, 6.07) is 11.6. The average Bonchev–Trinajstić information content (AvgIpc) is 3.36. The highest BCUT2D eigenvalue weighted by atomic mass is 35.5. The lowest BCUT2D eigenvalue weighted by atomic mass is 10.0. The summed E-state index contributed by atoms with van der Waals surface area (Å²) in [5.74, 6) is -0.485. The van der Waals surface area contributed by atoms with Crippen molar-refractivity contribution in [2.24, 2.45) is 0 Å². The summed E-state index contributed by atoms with van der Waals surface area (Å²) in [5.41, 5.74) is 1.43. The van der Waals surface area contributed by atoms with Crippen molar-refractivity contribution < 1.29 is 14.1 Å². The van der Waals surface area contributed by atoms with Gasteiger partial charge in [0.25, 0.3) is 5.91 Å². The number of nitrogens with zero attached hydrogens (tertiary/aromatic N) is 3. The van der Waals surface area contributed by atoms with Crippen molar-refractivity contribution in [3.05, 3.63) is 69.6 Å². The van der Waals surface area contributed by atoms with Crippen molar-refractivity contribution in [1.82, 2.24) is 15.2 Å². The molecule has 0 aliphatic carbocycles. The van der Waals surface area contributed by atoms with Crippen LogP contribution in [0.15, 0.2) is 46.9 Å². The highest BCUT2D eigenvalue weighted by Gasteiger charge is 2.28. The number of aromatic nitrogens is 1. The molecule has 0 fully saturated rings. The van der Waals surface area contributed by atoms with Crippen LogP contribution in [0, 0.1) is 10.1 Å². The van der Waals surface area contributed by atoms with Crippen LogP contribution in [0.2, 0.25) is 0 Å². The van der Waals surface area contributed by atoms with Crippen LogP contribution < -0.4 is 5.32 Å². The molecule has 0 radical (unpaired) electrons. The second-order valence-corrected chi connectivity index (χ2v) is 9.33. The molecule has 0 aliphatic rings. The van der Waals surface area contributed by atoms with Gasteiger partial charge in [0.15, 0.2) is 0 Å². The number of carbonyl (C=O) groups is 1. The predicted octanol–water partition coefficient (Wildman–Crippen LogP) is 6.24. The Kier molecular flexibility index (Phi) is 9.48. The summed E-state index contributed by atoms with van der Waals surface area (Å²) in [6.45, 7) is 9.29. The fourth-order valence-electron chi connectivity index (χ4n) is 3.94. The number of furan rings is 1. The molecule has 1 aromatic carbocycles. The molecule has 188 valence electrons. The van der Waals surface area contributed by atoms with Gasteiger partial charge in [-0.3, -0.25) is 19.9 Å². The van der Waals surface area contributed by atoms with Gasteiger partial charge in [-0.15, -0.1) is 23.2 Å². The number of nitrogens with one attached hydrogen (secondary N) is 1. The Bertz CT molecular complexity index is 1170. The summed E-state index contributed by atoms with van der Waals surface area (Å²) in [7, 11) is 0. The van der Waals surface area contributed by atoms with Gasteiger partial charge in [-0.05, 0) is 57.6 Å². The maximum atomic E-state index is 13.3. The first-order valence-corrected chi connectivity index (χ1v) is 12.6. The van der Waals surface area contributed by atoms with E-state index in [1.807, 2.05) is 25.1 Å². The molecular weight excluding hydrogens is 491 g/mol. The van der Waals surface area contributed by atoms with Gasteiger partial charge >= 0.3 is 5.88 Å². The molecule has 3 rings (SSSR count). The Balaban J connectivity index is 1.80. The first-order chi connectivity index (χ1) is 16.7. The summed E-state index contributed by atoms with van der Waals surface area (Å²) in [4.78, 5) is 30.5. The third-order valence-corrected chi connectivity index (χ3v) is 7.04. The zero-order valence-electron chi connectivity index (χ0n) is 20.0.